The van der Waals surface area contributed by atoms with Gasteiger partial charge in [0, 0.05) is 6.20 Å². The van der Waals surface area contributed by atoms with E-state index in [9.17, 15) is 0 Å². The molecule has 4 nitrogen and oxygen atoms in total. The molecular formula is C6H6N4. The number of azo groups is 1. The molecule has 1 aliphatic rings. The van der Waals surface area contributed by atoms with Gasteiger partial charge in [-0.2, -0.15) is 10.2 Å². The number of aromatic nitrogens is 1. The molecule has 0 aliphatic carbocycles. The van der Waals surface area contributed by atoms with Gasteiger partial charge >= 0.3 is 0 Å². The van der Waals surface area contributed by atoms with E-state index >= 15 is 0 Å². The van der Waals surface area contributed by atoms with Gasteiger partial charge in [-0.25, -0.2) is 0 Å². The quantitative estimate of drug-likeness (QED) is 0.578. The lowest BCUT2D eigenvalue weighted by Crippen LogP contribution is -2.04. The summed E-state index contributed by atoms with van der Waals surface area (Å²) in [7, 11) is 0. The molecule has 0 radical (unpaired) electrons. The summed E-state index contributed by atoms with van der Waals surface area (Å²) in [6.07, 6.45) is 1.34. The van der Waals surface area contributed by atoms with Crippen LogP contribution in [0.25, 0.3) is 0 Å². The summed E-state index contributed by atoms with van der Waals surface area (Å²) in [5.74, 6) is 0. The maximum Gasteiger partial charge on any atom is 0.163 e. The zero-order valence-electron chi connectivity index (χ0n) is 5.23. The van der Waals surface area contributed by atoms with E-state index in [1.165, 1.54) is 0 Å². The van der Waals surface area contributed by atoms with E-state index in [0.717, 1.165) is 11.4 Å². The molecule has 50 valence electrons. The summed E-state index contributed by atoms with van der Waals surface area (Å²) < 4.78 is 0. The summed E-state index contributed by atoms with van der Waals surface area (Å²) in [6.45, 7) is 0. The highest BCUT2D eigenvalue weighted by Gasteiger charge is 2.16. The first kappa shape index (κ1) is 5.49. The Morgan fingerprint density at radius 3 is 3.20 bits per heavy atom. The second-order valence-electron chi connectivity index (χ2n) is 2.07. The predicted octanol–water partition coefficient (Wildman–Crippen LogP) is 1.14. The van der Waals surface area contributed by atoms with Crippen molar-refractivity contribution in [1.82, 2.24) is 4.98 Å². The van der Waals surface area contributed by atoms with Crippen LogP contribution in [0.2, 0.25) is 0 Å². The fraction of sp³-hybridized carbons (Fsp3) is 0.167. The minimum atomic E-state index is -0.351. The molecule has 2 heterocycles. The molecule has 2 N–H and O–H groups in total. The van der Waals surface area contributed by atoms with Crippen molar-refractivity contribution >= 4 is 5.69 Å². The molecule has 1 aromatic heterocycles. The first-order valence-electron chi connectivity index (χ1n) is 2.99. The van der Waals surface area contributed by atoms with Gasteiger partial charge in [0.2, 0.25) is 0 Å². The molecule has 0 fully saturated rings. The number of hydrogen-bond donors (Lipinski definition) is 1. The smallest absolute Gasteiger partial charge is 0.163 e. The maximum atomic E-state index is 5.52. The Balaban J connectivity index is 2.59. The average Bonchev–Trinajstić information content (AvgIpc) is 2.34. The SMILES string of the molecule is N[C@H]1N=Nc2cccnc21. The van der Waals surface area contributed by atoms with Crippen molar-refractivity contribution < 1.29 is 0 Å². The second-order valence-corrected chi connectivity index (χ2v) is 2.07. The van der Waals surface area contributed by atoms with Crippen molar-refractivity contribution in [1.29, 1.82) is 0 Å². The zero-order valence-corrected chi connectivity index (χ0v) is 5.23. The minimum Gasteiger partial charge on any atom is -0.303 e. The average molecular weight is 134 g/mol. The first-order chi connectivity index (χ1) is 4.88. The molecule has 10 heavy (non-hydrogen) atoms. The number of nitrogens with two attached hydrogens (primary N) is 1. The lowest BCUT2D eigenvalue weighted by atomic mass is 10.3. The molecule has 0 bridgehead atoms. The van der Waals surface area contributed by atoms with Crippen LogP contribution in [0.15, 0.2) is 28.6 Å². The third-order valence-electron chi connectivity index (χ3n) is 1.39. The number of pyridine rings is 1. The molecule has 1 aromatic rings. The highest BCUT2D eigenvalue weighted by atomic mass is 15.2. The molecule has 0 aromatic carbocycles. The van der Waals surface area contributed by atoms with Gasteiger partial charge < -0.3 is 5.73 Å². The van der Waals surface area contributed by atoms with E-state index in [-0.39, 0.29) is 6.17 Å². The monoisotopic (exact) mass is 134 g/mol. The Kier molecular flexibility index (Phi) is 1.01. The summed E-state index contributed by atoms with van der Waals surface area (Å²) in [4.78, 5) is 4.03. The van der Waals surface area contributed by atoms with Crippen LogP contribution in [0.5, 0.6) is 0 Å². The van der Waals surface area contributed by atoms with Crippen LogP contribution in [-0.4, -0.2) is 4.98 Å². The molecule has 1 atom stereocenters. The third-order valence-corrected chi connectivity index (χ3v) is 1.39. The van der Waals surface area contributed by atoms with E-state index in [1.54, 1.807) is 6.20 Å². The van der Waals surface area contributed by atoms with Crippen LogP contribution in [0.1, 0.15) is 11.9 Å². The maximum absolute atomic E-state index is 5.52. The van der Waals surface area contributed by atoms with E-state index < -0.39 is 0 Å². The van der Waals surface area contributed by atoms with Gasteiger partial charge in [0.05, 0.1) is 0 Å². The van der Waals surface area contributed by atoms with Crippen molar-refractivity contribution in [2.24, 2.45) is 16.0 Å². The summed E-state index contributed by atoms with van der Waals surface area (Å²) in [5.41, 5.74) is 7.08. The lowest BCUT2D eigenvalue weighted by Gasteiger charge is -1.96. The Morgan fingerprint density at radius 1 is 1.50 bits per heavy atom. The molecule has 0 saturated carbocycles. The van der Waals surface area contributed by atoms with Crippen LogP contribution in [0, 0.1) is 0 Å². The van der Waals surface area contributed by atoms with Crippen LogP contribution < -0.4 is 5.73 Å². The molecule has 0 unspecified atom stereocenters. The topological polar surface area (TPSA) is 63.6 Å². The predicted molar refractivity (Wildman–Crippen MR) is 35.7 cm³/mol. The van der Waals surface area contributed by atoms with Gasteiger partial charge in [0.15, 0.2) is 6.17 Å². The molecule has 2 rings (SSSR count). The third kappa shape index (κ3) is 0.625. The number of hydrogen-bond acceptors (Lipinski definition) is 4. The van der Waals surface area contributed by atoms with E-state index in [4.69, 9.17) is 5.73 Å². The largest absolute Gasteiger partial charge is 0.303 e. The van der Waals surface area contributed by atoms with Crippen molar-refractivity contribution in [2.75, 3.05) is 0 Å². The van der Waals surface area contributed by atoms with Crippen molar-refractivity contribution in [3.05, 3.63) is 24.0 Å². The first-order valence-corrected chi connectivity index (χ1v) is 2.99. The Bertz CT molecular complexity index is 281. The van der Waals surface area contributed by atoms with Crippen molar-refractivity contribution in [2.45, 2.75) is 6.17 Å². The lowest BCUT2D eigenvalue weighted by molar-refractivity contribution is 0.745. The fourth-order valence-electron chi connectivity index (χ4n) is 0.901. The Morgan fingerprint density at radius 2 is 2.40 bits per heavy atom. The molecule has 0 amide bonds. The molecule has 0 saturated heterocycles. The van der Waals surface area contributed by atoms with Crippen molar-refractivity contribution in [3.8, 4) is 0 Å². The van der Waals surface area contributed by atoms with Gasteiger partial charge in [-0.05, 0) is 12.1 Å². The van der Waals surface area contributed by atoms with E-state index in [0.29, 0.717) is 0 Å². The summed E-state index contributed by atoms with van der Waals surface area (Å²) >= 11 is 0. The second kappa shape index (κ2) is 1.85. The summed E-state index contributed by atoms with van der Waals surface area (Å²) in [6, 6.07) is 3.66. The van der Waals surface area contributed by atoms with E-state index in [2.05, 4.69) is 15.2 Å². The number of nitrogens with zero attached hydrogens (tertiary/aromatic N) is 3. The number of fused-ring (bicyclic) bond motifs is 1. The van der Waals surface area contributed by atoms with Gasteiger partial charge in [0.1, 0.15) is 11.4 Å². The normalized spacial score (nSPS) is 21.1. The standard InChI is InChI=1S/C6H6N4/c7-6-5-4(9-10-6)2-1-3-8-5/h1-3,6H,7H2/t6-/m0/s1. The van der Waals surface area contributed by atoms with Gasteiger partial charge in [0.25, 0.3) is 0 Å². The number of rotatable bonds is 0. The minimum absolute atomic E-state index is 0.351. The van der Waals surface area contributed by atoms with Crippen LogP contribution in [-0.2, 0) is 0 Å². The van der Waals surface area contributed by atoms with E-state index in [1.807, 2.05) is 12.1 Å². The van der Waals surface area contributed by atoms with Crippen molar-refractivity contribution in [3.63, 3.8) is 0 Å². The highest BCUT2D eigenvalue weighted by molar-refractivity contribution is 5.44. The Hall–Kier alpha value is -1.29. The molecule has 4 heteroatoms. The highest BCUT2D eigenvalue weighted by Crippen LogP contribution is 2.29. The zero-order chi connectivity index (χ0) is 6.97. The van der Waals surface area contributed by atoms with Crippen LogP contribution in [0.4, 0.5) is 5.69 Å². The Labute approximate surface area is 57.8 Å². The fourth-order valence-corrected chi connectivity index (χ4v) is 0.901. The van der Waals surface area contributed by atoms with Crippen LogP contribution >= 0.6 is 0 Å². The van der Waals surface area contributed by atoms with Gasteiger partial charge in [-0.1, -0.05) is 0 Å². The van der Waals surface area contributed by atoms with Gasteiger partial charge in [-0.15, -0.1) is 0 Å². The van der Waals surface area contributed by atoms with Crippen LogP contribution in [0.3, 0.4) is 0 Å². The molecule has 0 spiro atoms. The van der Waals surface area contributed by atoms with Gasteiger partial charge in [-0.3, -0.25) is 4.98 Å². The summed E-state index contributed by atoms with van der Waals surface area (Å²) in [5, 5.41) is 7.56. The molecular weight excluding hydrogens is 128 g/mol. The molecule has 1 aliphatic heterocycles.